The number of hydrogen-bond acceptors (Lipinski definition) is 3. The predicted molar refractivity (Wildman–Crippen MR) is 90.2 cm³/mol. The van der Waals surface area contributed by atoms with Gasteiger partial charge in [0.25, 0.3) is 0 Å². The van der Waals surface area contributed by atoms with Gasteiger partial charge in [-0.15, -0.1) is 0 Å². The van der Waals surface area contributed by atoms with Gasteiger partial charge in [-0.25, -0.2) is 4.39 Å². The number of aliphatic carboxylic acids is 1. The van der Waals surface area contributed by atoms with E-state index < -0.39 is 23.2 Å². The Morgan fingerprint density at radius 1 is 1.24 bits per heavy atom. The van der Waals surface area contributed by atoms with E-state index in [1.54, 1.807) is 30.3 Å². The molecule has 3 N–H and O–H groups in total. The number of para-hydroxylation sites is 1. The van der Waals surface area contributed by atoms with Gasteiger partial charge in [0.2, 0.25) is 5.91 Å². The lowest BCUT2D eigenvalue weighted by atomic mass is 9.98. The fourth-order valence-corrected chi connectivity index (χ4v) is 3.54. The third kappa shape index (κ3) is 2.33. The first-order valence-corrected chi connectivity index (χ1v) is 8.15. The second-order valence-corrected chi connectivity index (χ2v) is 6.67. The molecule has 2 aliphatic rings. The van der Waals surface area contributed by atoms with Crippen LogP contribution in [0.3, 0.4) is 0 Å². The summed E-state index contributed by atoms with van der Waals surface area (Å²) >= 11 is 0. The molecule has 0 unspecified atom stereocenters. The number of halogens is 1. The summed E-state index contributed by atoms with van der Waals surface area (Å²) in [5, 5.41) is 8.89. The molecule has 0 radical (unpaired) electrons. The van der Waals surface area contributed by atoms with Gasteiger partial charge in [0.15, 0.2) is 0 Å². The number of carboxylic acid groups (broad SMARTS) is 1. The van der Waals surface area contributed by atoms with E-state index in [0.29, 0.717) is 11.4 Å². The fourth-order valence-electron chi connectivity index (χ4n) is 3.54. The number of nitrogens with zero attached hydrogens (tertiary/aromatic N) is 1. The molecule has 1 amide bonds. The lowest BCUT2D eigenvalue weighted by molar-refractivity contribution is -0.138. The minimum atomic E-state index is -1.06. The van der Waals surface area contributed by atoms with Gasteiger partial charge in [0.05, 0.1) is 11.1 Å². The highest BCUT2D eigenvalue weighted by Crippen LogP contribution is 2.59. The molecular formula is C19H17FN2O3. The first kappa shape index (κ1) is 15.8. The summed E-state index contributed by atoms with van der Waals surface area (Å²) < 4.78 is 14.4. The van der Waals surface area contributed by atoms with Crippen molar-refractivity contribution in [3.8, 4) is 0 Å². The molecule has 1 spiro atoms. The second-order valence-electron chi connectivity index (χ2n) is 6.67. The molecule has 1 fully saturated rings. The van der Waals surface area contributed by atoms with E-state index in [-0.39, 0.29) is 12.3 Å². The zero-order valence-electron chi connectivity index (χ0n) is 13.4. The van der Waals surface area contributed by atoms with Crippen LogP contribution in [0.2, 0.25) is 0 Å². The van der Waals surface area contributed by atoms with Crippen LogP contribution in [0.15, 0.2) is 42.5 Å². The van der Waals surface area contributed by atoms with E-state index in [1.807, 2.05) is 6.07 Å². The van der Waals surface area contributed by atoms with Crippen molar-refractivity contribution in [2.75, 3.05) is 4.90 Å². The van der Waals surface area contributed by atoms with Crippen LogP contribution in [0.5, 0.6) is 0 Å². The Labute approximate surface area is 143 Å². The number of nitrogens with two attached hydrogens (primary N) is 1. The summed E-state index contributed by atoms with van der Waals surface area (Å²) in [6, 6.07) is 10.7. The molecular weight excluding hydrogens is 323 g/mol. The number of carbonyl (C=O) groups excluding carboxylic acids is 1. The van der Waals surface area contributed by atoms with Gasteiger partial charge < -0.3 is 10.8 Å². The maximum absolute atomic E-state index is 14.4. The Morgan fingerprint density at radius 2 is 1.92 bits per heavy atom. The molecule has 1 saturated carbocycles. The minimum absolute atomic E-state index is 0.0948. The van der Waals surface area contributed by atoms with Crippen molar-refractivity contribution in [2.24, 2.45) is 5.73 Å². The quantitative estimate of drug-likeness (QED) is 0.896. The van der Waals surface area contributed by atoms with E-state index in [4.69, 9.17) is 10.8 Å². The molecule has 1 aliphatic heterocycles. The highest BCUT2D eigenvalue weighted by atomic mass is 19.1. The summed E-state index contributed by atoms with van der Waals surface area (Å²) in [5.74, 6) is -1.57. The molecule has 1 aliphatic carbocycles. The largest absolute Gasteiger partial charge is 0.480 e. The summed E-state index contributed by atoms with van der Waals surface area (Å²) in [7, 11) is 0. The molecule has 2 aromatic carbocycles. The van der Waals surface area contributed by atoms with E-state index in [2.05, 4.69) is 0 Å². The Hall–Kier alpha value is -2.73. The predicted octanol–water partition coefficient (Wildman–Crippen LogP) is 2.49. The van der Waals surface area contributed by atoms with Gasteiger partial charge in [-0.3, -0.25) is 14.5 Å². The van der Waals surface area contributed by atoms with Gasteiger partial charge in [0, 0.05) is 5.69 Å². The molecule has 5 nitrogen and oxygen atoms in total. The van der Waals surface area contributed by atoms with Crippen molar-refractivity contribution in [3.05, 3.63) is 59.4 Å². The summed E-state index contributed by atoms with van der Waals surface area (Å²) in [5.41, 5.74) is 7.40. The smallest absolute Gasteiger partial charge is 0.320 e. The lowest BCUT2D eigenvalue weighted by Crippen LogP contribution is -2.32. The van der Waals surface area contributed by atoms with Gasteiger partial charge in [-0.2, -0.15) is 0 Å². The van der Waals surface area contributed by atoms with Crippen molar-refractivity contribution in [3.63, 3.8) is 0 Å². The van der Waals surface area contributed by atoms with E-state index in [9.17, 15) is 14.0 Å². The number of anilines is 2. The number of rotatable bonds is 4. The van der Waals surface area contributed by atoms with Crippen LogP contribution < -0.4 is 10.6 Å². The van der Waals surface area contributed by atoms with E-state index >= 15 is 0 Å². The zero-order valence-corrected chi connectivity index (χ0v) is 13.4. The Morgan fingerprint density at radius 3 is 2.52 bits per heavy atom. The summed E-state index contributed by atoms with van der Waals surface area (Å²) in [6.07, 6.45) is 1.67. The van der Waals surface area contributed by atoms with Gasteiger partial charge in [-0.1, -0.05) is 24.3 Å². The van der Waals surface area contributed by atoms with E-state index in [1.165, 1.54) is 11.0 Å². The van der Waals surface area contributed by atoms with Crippen LogP contribution in [-0.2, 0) is 21.4 Å². The SMILES string of the molecule is N[C@@H](Cc1ccc(N2C(=O)C3(CC3)c3cccc(F)c32)cc1)C(=O)O. The number of amides is 1. The summed E-state index contributed by atoms with van der Waals surface area (Å²) in [6.45, 7) is 0. The van der Waals surface area contributed by atoms with Gasteiger partial charge >= 0.3 is 5.97 Å². The molecule has 1 atom stereocenters. The normalized spacial score (nSPS) is 18.3. The zero-order chi connectivity index (χ0) is 17.8. The minimum Gasteiger partial charge on any atom is -0.480 e. The number of carbonyl (C=O) groups is 2. The maximum Gasteiger partial charge on any atom is 0.320 e. The van der Waals surface area contributed by atoms with Crippen LogP contribution in [0.25, 0.3) is 0 Å². The van der Waals surface area contributed by atoms with Gasteiger partial charge in [0.1, 0.15) is 11.9 Å². The first-order valence-electron chi connectivity index (χ1n) is 8.15. The molecule has 6 heteroatoms. The van der Waals surface area contributed by atoms with E-state index in [0.717, 1.165) is 24.0 Å². The van der Waals surface area contributed by atoms with Gasteiger partial charge in [-0.05, 0) is 48.6 Å². The average Bonchev–Trinajstić information content (AvgIpc) is 3.34. The van der Waals surface area contributed by atoms with Crippen molar-refractivity contribution in [1.29, 1.82) is 0 Å². The monoisotopic (exact) mass is 340 g/mol. The van der Waals surface area contributed by atoms with Crippen molar-refractivity contribution >= 4 is 23.3 Å². The number of fused-ring (bicyclic) bond motifs is 2. The highest BCUT2D eigenvalue weighted by molar-refractivity contribution is 6.14. The number of hydrogen-bond donors (Lipinski definition) is 2. The molecule has 25 heavy (non-hydrogen) atoms. The Kier molecular flexibility index (Phi) is 3.40. The molecule has 4 rings (SSSR count). The fraction of sp³-hybridized carbons (Fsp3) is 0.263. The highest BCUT2D eigenvalue weighted by Gasteiger charge is 2.60. The molecule has 2 aromatic rings. The first-order chi connectivity index (χ1) is 11.9. The van der Waals surface area contributed by atoms with Crippen molar-refractivity contribution in [1.82, 2.24) is 0 Å². The number of benzene rings is 2. The maximum atomic E-state index is 14.4. The van der Waals surface area contributed by atoms with Crippen LogP contribution in [-0.4, -0.2) is 23.0 Å². The van der Waals surface area contributed by atoms with Crippen LogP contribution in [0.4, 0.5) is 15.8 Å². The Bertz CT molecular complexity index is 875. The van der Waals surface area contributed by atoms with Crippen LogP contribution >= 0.6 is 0 Å². The third-order valence-electron chi connectivity index (χ3n) is 5.06. The second kappa shape index (κ2) is 5.39. The molecule has 0 aromatic heterocycles. The lowest BCUT2D eigenvalue weighted by Gasteiger charge is -2.19. The van der Waals surface area contributed by atoms with Crippen molar-refractivity contribution in [2.45, 2.75) is 30.7 Å². The summed E-state index contributed by atoms with van der Waals surface area (Å²) in [4.78, 5) is 25.2. The molecule has 0 bridgehead atoms. The van der Waals surface area contributed by atoms with Crippen LogP contribution in [0, 0.1) is 5.82 Å². The standard InChI is InChI=1S/C19H17FN2O3/c20-14-3-1-2-13-16(14)22(18(25)19(13)8-9-19)12-6-4-11(5-7-12)10-15(21)17(23)24/h1-7,15H,8-10,21H2,(H,23,24)/t15-/m0/s1. The van der Waals surface area contributed by atoms with Crippen LogP contribution in [0.1, 0.15) is 24.0 Å². The molecule has 1 heterocycles. The topological polar surface area (TPSA) is 83.6 Å². The molecule has 128 valence electrons. The van der Waals surface area contributed by atoms with Crippen molar-refractivity contribution < 1.29 is 19.1 Å². The Balaban J connectivity index is 1.69. The average molecular weight is 340 g/mol. The number of carboxylic acids is 1. The molecule has 0 saturated heterocycles. The third-order valence-corrected chi connectivity index (χ3v) is 5.06.